The minimum atomic E-state index is -0.359. The molecule has 36 heavy (non-hydrogen) atoms. The van der Waals surface area contributed by atoms with Crippen LogP contribution < -0.4 is 10.6 Å². The standard InChI is InChI=1S/C29H35FN2O4/c30-22-10-12-23(13-11-22)31-29(34)32-25-17-28-27(16-14-24(18-33)35-28)36-26(25)15-7-19-5-8-21(9-6-19)20-3-1-2-4-20/h3,5-6,8-13,24-28,33H,1-2,4,7,14-18H2,(H2,31,32,34)/t24-,25-,26-,27+,28+/m1/s1. The average Bonchev–Trinajstić information content (AvgIpc) is 3.44. The van der Waals surface area contributed by atoms with E-state index < -0.39 is 0 Å². The summed E-state index contributed by atoms with van der Waals surface area (Å²) in [5.74, 6) is -0.353. The van der Waals surface area contributed by atoms with Gasteiger partial charge in [0.15, 0.2) is 0 Å². The van der Waals surface area contributed by atoms with E-state index in [9.17, 15) is 14.3 Å². The quantitative estimate of drug-likeness (QED) is 0.494. The lowest BCUT2D eigenvalue weighted by Crippen LogP contribution is -2.58. The summed E-state index contributed by atoms with van der Waals surface area (Å²) in [6.45, 7) is -0.0112. The molecule has 5 rings (SSSR count). The van der Waals surface area contributed by atoms with Gasteiger partial charge in [-0.2, -0.15) is 0 Å². The Kier molecular flexibility index (Phi) is 7.99. The predicted octanol–water partition coefficient (Wildman–Crippen LogP) is 5.21. The highest BCUT2D eigenvalue weighted by Gasteiger charge is 2.42. The van der Waals surface area contributed by atoms with Gasteiger partial charge in [0.25, 0.3) is 0 Å². The minimum Gasteiger partial charge on any atom is -0.394 e. The van der Waals surface area contributed by atoms with Crippen LogP contribution in [-0.2, 0) is 15.9 Å². The van der Waals surface area contributed by atoms with Crippen LogP contribution in [0.1, 0.15) is 56.1 Å². The predicted molar refractivity (Wildman–Crippen MR) is 137 cm³/mol. The zero-order valence-corrected chi connectivity index (χ0v) is 20.5. The molecule has 2 aromatic rings. The minimum absolute atomic E-state index is 0.0112. The molecule has 3 aliphatic rings. The highest BCUT2D eigenvalue weighted by atomic mass is 19.1. The van der Waals surface area contributed by atoms with Crippen molar-refractivity contribution in [3.63, 3.8) is 0 Å². The maximum absolute atomic E-state index is 13.2. The molecule has 3 N–H and O–H groups in total. The molecule has 2 aliphatic heterocycles. The number of anilines is 1. The first kappa shape index (κ1) is 24.9. The fourth-order valence-corrected chi connectivity index (χ4v) is 5.58. The maximum atomic E-state index is 13.2. The summed E-state index contributed by atoms with van der Waals surface area (Å²) in [4.78, 5) is 12.8. The summed E-state index contributed by atoms with van der Waals surface area (Å²) >= 11 is 0. The fourth-order valence-electron chi connectivity index (χ4n) is 5.58. The molecular weight excluding hydrogens is 459 g/mol. The smallest absolute Gasteiger partial charge is 0.319 e. The summed E-state index contributed by atoms with van der Waals surface area (Å²) in [7, 11) is 0. The van der Waals surface area contributed by atoms with Gasteiger partial charge in [-0.25, -0.2) is 9.18 Å². The molecule has 0 spiro atoms. The first-order chi connectivity index (χ1) is 17.6. The molecule has 0 aromatic heterocycles. The zero-order valence-electron chi connectivity index (χ0n) is 20.5. The number of aliphatic hydroxyl groups excluding tert-OH is 1. The van der Waals surface area contributed by atoms with E-state index >= 15 is 0 Å². The Morgan fingerprint density at radius 3 is 2.56 bits per heavy atom. The number of urea groups is 1. The normalized spacial score (nSPS) is 27.7. The number of rotatable bonds is 7. The lowest BCUT2D eigenvalue weighted by atomic mass is 9.88. The molecule has 192 valence electrons. The third-order valence-electron chi connectivity index (χ3n) is 7.55. The molecule has 2 heterocycles. The van der Waals surface area contributed by atoms with E-state index in [1.807, 2.05) is 0 Å². The van der Waals surface area contributed by atoms with E-state index in [4.69, 9.17) is 9.47 Å². The summed E-state index contributed by atoms with van der Waals surface area (Å²) in [6.07, 6.45) is 9.21. The third kappa shape index (κ3) is 6.14. The first-order valence-electron chi connectivity index (χ1n) is 13.1. The van der Waals surface area contributed by atoms with Crippen LogP contribution in [-0.4, -0.2) is 48.2 Å². The van der Waals surface area contributed by atoms with Gasteiger partial charge in [-0.3, -0.25) is 0 Å². The lowest BCUT2D eigenvalue weighted by molar-refractivity contribution is -0.201. The third-order valence-corrected chi connectivity index (χ3v) is 7.55. The van der Waals surface area contributed by atoms with Crippen LogP contribution in [0.3, 0.4) is 0 Å². The number of carbonyl (C=O) groups is 1. The van der Waals surface area contributed by atoms with Crippen molar-refractivity contribution < 1.29 is 23.8 Å². The molecule has 2 aromatic carbocycles. The van der Waals surface area contributed by atoms with Gasteiger partial charge in [0.1, 0.15) is 5.82 Å². The van der Waals surface area contributed by atoms with E-state index in [2.05, 4.69) is 41.0 Å². The highest BCUT2D eigenvalue weighted by Crippen LogP contribution is 2.33. The van der Waals surface area contributed by atoms with Crippen LogP contribution in [0, 0.1) is 5.82 Å². The number of fused-ring (bicyclic) bond motifs is 1. The van der Waals surface area contributed by atoms with Gasteiger partial charge in [0, 0.05) is 5.69 Å². The Labute approximate surface area is 211 Å². The molecule has 5 atom stereocenters. The summed E-state index contributed by atoms with van der Waals surface area (Å²) in [5, 5.41) is 15.4. The van der Waals surface area contributed by atoms with E-state index in [1.54, 1.807) is 0 Å². The molecule has 2 saturated heterocycles. The van der Waals surface area contributed by atoms with Crippen LogP contribution in [0.5, 0.6) is 0 Å². The number of aryl methyl sites for hydroxylation is 1. The Bertz CT molecular complexity index is 1060. The average molecular weight is 495 g/mol. The van der Waals surface area contributed by atoms with Crippen LogP contribution in [0.15, 0.2) is 54.6 Å². The van der Waals surface area contributed by atoms with Crippen molar-refractivity contribution in [3.8, 4) is 0 Å². The Balaban J connectivity index is 1.23. The molecule has 6 nitrogen and oxygen atoms in total. The Morgan fingerprint density at radius 2 is 1.83 bits per heavy atom. The number of hydrogen-bond donors (Lipinski definition) is 3. The number of halogens is 1. The lowest BCUT2D eigenvalue weighted by Gasteiger charge is -2.45. The first-order valence-corrected chi connectivity index (χ1v) is 13.1. The van der Waals surface area contributed by atoms with Gasteiger partial charge in [-0.1, -0.05) is 30.3 Å². The van der Waals surface area contributed by atoms with Crippen molar-refractivity contribution in [2.24, 2.45) is 0 Å². The van der Waals surface area contributed by atoms with Crippen molar-refractivity contribution in [1.82, 2.24) is 5.32 Å². The van der Waals surface area contributed by atoms with Crippen molar-refractivity contribution >= 4 is 17.3 Å². The van der Waals surface area contributed by atoms with Crippen LogP contribution in [0.25, 0.3) is 5.57 Å². The number of hydrogen-bond acceptors (Lipinski definition) is 4. The number of benzene rings is 2. The number of nitrogens with one attached hydrogen (secondary N) is 2. The molecule has 0 saturated carbocycles. The van der Waals surface area contributed by atoms with Crippen molar-refractivity contribution in [2.75, 3.05) is 11.9 Å². The molecule has 1 aliphatic carbocycles. The second-order valence-corrected chi connectivity index (χ2v) is 10.1. The van der Waals surface area contributed by atoms with E-state index in [-0.39, 0.29) is 48.9 Å². The monoisotopic (exact) mass is 494 g/mol. The molecular formula is C29H35FN2O4. The van der Waals surface area contributed by atoms with Crippen molar-refractivity contribution in [2.45, 2.75) is 81.8 Å². The van der Waals surface area contributed by atoms with Gasteiger partial charge in [0.05, 0.1) is 37.1 Å². The van der Waals surface area contributed by atoms with Gasteiger partial charge >= 0.3 is 6.03 Å². The van der Waals surface area contributed by atoms with E-state index in [0.29, 0.717) is 12.1 Å². The molecule has 0 bridgehead atoms. The second kappa shape index (κ2) is 11.5. The topological polar surface area (TPSA) is 79.8 Å². The number of ether oxygens (including phenoxy) is 2. The number of carbonyl (C=O) groups excluding carboxylic acids is 1. The largest absolute Gasteiger partial charge is 0.394 e. The number of allylic oxidation sites excluding steroid dienone is 2. The van der Waals surface area contributed by atoms with Gasteiger partial charge in [-0.05, 0) is 92.3 Å². The SMILES string of the molecule is O=C(Nc1ccc(F)cc1)N[C@@H]1C[C@@H]2O[C@@H](CO)CC[C@@H]2O[C@@H]1CCc1ccc(C2=CCCC2)cc1. The fraction of sp³-hybridized carbons (Fsp3) is 0.483. The van der Waals surface area contributed by atoms with Crippen LogP contribution >= 0.6 is 0 Å². The Morgan fingerprint density at radius 1 is 1.03 bits per heavy atom. The zero-order chi connectivity index (χ0) is 24.9. The van der Waals surface area contributed by atoms with Crippen molar-refractivity contribution in [3.05, 3.63) is 71.6 Å². The summed E-state index contributed by atoms with van der Waals surface area (Å²) in [5.41, 5.74) is 4.52. The molecule has 2 fully saturated rings. The maximum Gasteiger partial charge on any atom is 0.319 e. The number of amides is 2. The van der Waals surface area contributed by atoms with E-state index in [0.717, 1.165) is 32.1 Å². The van der Waals surface area contributed by atoms with Gasteiger partial charge in [0.2, 0.25) is 0 Å². The van der Waals surface area contributed by atoms with Crippen molar-refractivity contribution in [1.29, 1.82) is 0 Å². The second-order valence-electron chi connectivity index (χ2n) is 10.1. The molecule has 0 radical (unpaired) electrons. The molecule has 7 heteroatoms. The highest BCUT2D eigenvalue weighted by molar-refractivity contribution is 5.89. The van der Waals surface area contributed by atoms with Gasteiger partial charge in [-0.15, -0.1) is 0 Å². The van der Waals surface area contributed by atoms with Crippen LogP contribution in [0.2, 0.25) is 0 Å². The van der Waals surface area contributed by atoms with E-state index in [1.165, 1.54) is 53.8 Å². The van der Waals surface area contributed by atoms with Gasteiger partial charge < -0.3 is 25.2 Å². The number of aliphatic hydroxyl groups is 1. The summed E-state index contributed by atoms with van der Waals surface area (Å²) in [6, 6.07) is 13.9. The molecule has 2 amide bonds. The van der Waals surface area contributed by atoms with Crippen LogP contribution in [0.4, 0.5) is 14.9 Å². The molecule has 0 unspecified atom stereocenters. The summed E-state index contributed by atoms with van der Waals surface area (Å²) < 4.78 is 25.8. The Hall–Kier alpha value is -2.74.